The summed E-state index contributed by atoms with van der Waals surface area (Å²) < 4.78 is 5.61. The van der Waals surface area contributed by atoms with Crippen LogP contribution in [0.3, 0.4) is 0 Å². The number of nitrogens with one attached hydrogen (secondary N) is 1. The zero-order chi connectivity index (χ0) is 14.5. The molecule has 2 rings (SSSR count). The zero-order valence-electron chi connectivity index (χ0n) is 12.6. The standard InChI is InChI=1S/C16H22N2OS/c1-5-13-6-8-14(9-7-13)15(17-4)10-20-16-18-11(2)12(3)19-16/h6-9,15,17H,5,10H2,1-4H3. The Kier molecular flexibility index (Phi) is 5.26. The number of benzene rings is 1. The first-order chi connectivity index (χ1) is 9.63. The molecule has 0 spiro atoms. The van der Waals surface area contributed by atoms with E-state index in [4.69, 9.17) is 4.42 Å². The maximum Gasteiger partial charge on any atom is 0.256 e. The first-order valence-corrected chi connectivity index (χ1v) is 7.95. The van der Waals surface area contributed by atoms with Crippen molar-refractivity contribution in [3.8, 4) is 0 Å². The van der Waals surface area contributed by atoms with E-state index in [0.717, 1.165) is 28.9 Å². The van der Waals surface area contributed by atoms with Crippen molar-refractivity contribution in [2.24, 2.45) is 0 Å². The van der Waals surface area contributed by atoms with Gasteiger partial charge in [-0.25, -0.2) is 4.98 Å². The molecule has 0 fully saturated rings. The molecule has 0 aliphatic rings. The minimum absolute atomic E-state index is 0.304. The van der Waals surface area contributed by atoms with E-state index >= 15 is 0 Å². The molecule has 1 N–H and O–H groups in total. The quantitative estimate of drug-likeness (QED) is 0.819. The van der Waals surface area contributed by atoms with Gasteiger partial charge < -0.3 is 9.73 Å². The molecule has 0 aliphatic carbocycles. The second-order valence-electron chi connectivity index (χ2n) is 4.87. The third-order valence-corrected chi connectivity index (χ3v) is 4.44. The number of aryl methyl sites for hydroxylation is 3. The van der Waals surface area contributed by atoms with Crippen LogP contribution in [0.2, 0.25) is 0 Å². The zero-order valence-corrected chi connectivity index (χ0v) is 13.4. The lowest BCUT2D eigenvalue weighted by Crippen LogP contribution is -2.18. The molecule has 0 radical (unpaired) electrons. The smallest absolute Gasteiger partial charge is 0.256 e. The molecule has 0 aliphatic heterocycles. The van der Waals surface area contributed by atoms with E-state index in [9.17, 15) is 0 Å². The van der Waals surface area contributed by atoms with Gasteiger partial charge in [-0.1, -0.05) is 43.0 Å². The molecule has 0 bridgehead atoms. The second kappa shape index (κ2) is 6.95. The number of oxazole rings is 1. The summed E-state index contributed by atoms with van der Waals surface area (Å²) in [5.41, 5.74) is 3.65. The summed E-state index contributed by atoms with van der Waals surface area (Å²) >= 11 is 1.65. The number of nitrogens with zero attached hydrogens (tertiary/aromatic N) is 1. The Labute approximate surface area is 125 Å². The lowest BCUT2D eigenvalue weighted by atomic mass is 10.1. The van der Waals surface area contributed by atoms with Gasteiger partial charge in [-0.3, -0.25) is 0 Å². The van der Waals surface area contributed by atoms with Gasteiger partial charge in [0.15, 0.2) is 0 Å². The second-order valence-corrected chi connectivity index (χ2v) is 5.84. The number of hydrogen-bond acceptors (Lipinski definition) is 4. The molecule has 4 heteroatoms. The summed E-state index contributed by atoms with van der Waals surface area (Å²) in [7, 11) is 1.99. The van der Waals surface area contributed by atoms with Crippen molar-refractivity contribution in [3.63, 3.8) is 0 Å². The van der Waals surface area contributed by atoms with Gasteiger partial charge in [0.2, 0.25) is 0 Å². The van der Waals surface area contributed by atoms with Crippen molar-refractivity contribution in [1.82, 2.24) is 10.3 Å². The Hall–Kier alpha value is -1.26. The molecule has 0 saturated carbocycles. The number of rotatable bonds is 6. The van der Waals surface area contributed by atoms with Gasteiger partial charge in [0.25, 0.3) is 5.22 Å². The summed E-state index contributed by atoms with van der Waals surface area (Å²) in [4.78, 5) is 4.41. The average Bonchev–Trinajstić information content (AvgIpc) is 2.79. The molecule has 1 aromatic carbocycles. The Morgan fingerprint density at radius 1 is 1.25 bits per heavy atom. The van der Waals surface area contributed by atoms with Gasteiger partial charge in [-0.2, -0.15) is 0 Å². The maximum atomic E-state index is 5.61. The Morgan fingerprint density at radius 2 is 1.95 bits per heavy atom. The highest BCUT2D eigenvalue weighted by molar-refractivity contribution is 7.99. The molecular weight excluding hydrogens is 268 g/mol. The highest BCUT2D eigenvalue weighted by atomic mass is 32.2. The highest BCUT2D eigenvalue weighted by Gasteiger charge is 2.13. The molecule has 1 heterocycles. The fourth-order valence-electron chi connectivity index (χ4n) is 1.99. The van der Waals surface area contributed by atoms with Crippen LogP contribution in [0.5, 0.6) is 0 Å². The van der Waals surface area contributed by atoms with E-state index < -0.39 is 0 Å². The molecule has 1 aromatic heterocycles. The van der Waals surface area contributed by atoms with E-state index in [1.807, 2.05) is 20.9 Å². The Balaban J connectivity index is 2.00. The molecule has 20 heavy (non-hydrogen) atoms. The molecular formula is C16H22N2OS. The predicted octanol–water partition coefficient (Wildman–Crippen LogP) is 3.91. The predicted molar refractivity (Wildman–Crippen MR) is 84.3 cm³/mol. The molecule has 2 aromatic rings. The lowest BCUT2D eigenvalue weighted by molar-refractivity contribution is 0.430. The molecule has 0 amide bonds. The highest BCUT2D eigenvalue weighted by Crippen LogP contribution is 2.25. The summed E-state index contributed by atoms with van der Waals surface area (Å²) in [6.07, 6.45) is 1.08. The van der Waals surface area contributed by atoms with Gasteiger partial charge >= 0.3 is 0 Å². The van der Waals surface area contributed by atoms with Crippen molar-refractivity contribution >= 4 is 11.8 Å². The van der Waals surface area contributed by atoms with Crippen molar-refractivity contribution in [1.29, 1.82) is 0 Å². The average molecular weight is 290 g/mol. The van der Waals surface area contributed by atoms with Crippen LogP contribution in [0.25, 0.3) is 0 Å². The maximum absolute atomic E-state index is 5.61. The minimum Gasteiger partial charge on any atom is -0.437 e. The van der Waals surface area contributed by atoms with Crippen LogP contribution < -0.4 is 5.32 Å². The van der Waals surface area contributed by atoms with Gasteiger partial charge in [0.05, 0.1) is 5.69 Å². The normalized spacial score (nSPS) is 12.6. The first-order valence-electron chi connectivity index (χ1n) is 6.97. The molecule has 0 saturated heterocycles. The summed E-state index contributed by atoms with van der Waals surface area (Å²) in [6.45, 7) is 6.10. The van der Waals surface area contributed by atoms with Crippen LogP contribution in [0.15, 0.2) is 33.9 Å². The molecule has 108 valence electrons. The Morgan fingerprint density at radius 3 is 2.45 bits per heavy atom. The third kappa shape index (κ3) is 3.64. The SMILES string of the molecule is CCc1ccc(C(CSc2nc(C)c(C)o2)NC)cc1. The Bertz CT molecular complexity index is 529. The largest absolute Gasteiger partial charge is 0.437 e. The molecule has 1 unspecified atom stereocenters. The van der Waals surface area contributed by atoms with Crippen LogP contribution in [0.4, 0.5) is 0 Å². The van der Waals surface area contributed by atoms with Gasteiger partial charge in [-0.05, 0) is 38.4 Å². The fourth-order valence-corrected chi connectivity index (χ4v) is 3.05. The number of thioether (sulfide) groups is 1. The lowest BCUT2D eigenvalue weighted by Gasteiger charge is -2.15. The van der Waals surface area contributed by atoms with Crippen LogP contribution in [-0.2, 0) is 6.42 Å². The van der Waals surface area contributed by atoms with Crippen molar-refractivity contribution in [2.45, 2.75) is 38.5 Å². The van der Waals surface area contributed by atoms with E-state index in [2.05, 4.69) is 41.5 Å². The van der Waals surface area contributed by atoms with E-state index in [-0.39, 0.29) is 0 Å². The first kappa shape index (κ1) is 15.1. The topological polar surface area (TPSA) is 38.1 Å². The van der Waals surface area contributed by atoms with Crippen molar-refractivity contribution < 1.29 is 4.42 Å². The van der Waals surface area contributed by atoms with E-state index in [1.54, 1.807) is 11.8 Å². The summed E-state index contributed by atoms with van der Waals surface area (Å²) in [6, 6.07) is 9.10. The van der Waals surface area contributed by atoms with Gasteiger partial charge in [0.1, 0.15) is 5.76 Å². The molecule has 1 atom stereocenters. The fraction of sp³-hybridized carbons (Fsp3) is 0.438. The van der Waals surface area contributed by atoms with E-state index in [0.29, 0.717) is 6.04 Å². The monoisotopic (exact) mass is 290 g/mol. The van der Waals surface area contributed by atoms with Gasteiger partial charge in [-0.15, -0.1) is 0 Å². The third-order valence-electron chi connectivity index (χ3n) is 3.52. The van der Waals surface area contributed by atoms with E-state index in [1.165, 1.54) is 11.1 Å². The van der Waals surface area contributed by atoms with Crippen LogP contribution in [0, 0.1) is 13.8 Å². The number of aromatic nitrogens is 1. The van der Waals surface area contributed by atoms with Gasteiger partial charge in [0, 0.05) is 11.8 Å². The van der Waals surface area contributed by atoms with Crippen molar-refractivity contribution in [3.05, 3.63) is 46.8 Å². The molecule has 3 nitrogen and oxygen atoms in total. The summed E-state index contributed by atoms with van der Waals surface area (Å²) in [5, 5.41) is 4.11. The van der Waals surface area contributed by atoms with Crippen LogP contribution in [0.1, 0.15) is 35.5 Å². The summed E-state index contributed by atoms with van der Waals surface area (Å²) in [5.74, 6) is 1.81. The number of hydrogen-bond donors (Lipinski definition) is 1. The van der Waals surface area contributed by atoms with Crippen LogP contribution in [-0.4, -0.2) is 17.8 Å². The van der Waals surface area contributed by atoms with Crippen LogP contribution >= 0.6 is 11.8 Å². The minimum atomic E-state index is 0.304. The van der Waals surface area contributed by atoms with Crippen molar-refractivity contribution in [2.75, 3.05) is 12.8 Å².